The van der Waals surface area contributed by atoms with Gasteiger partial charge < -0.3 is 25.6 Å². The lowest BCUT2D eigenvalue weighted by molar-refractivity contribution is -0.146. The summed E-state index contributed by atoms with van der Waals surface area (Å²) in [6, 6.07) is 15.6. The molecule has 1 aliphatic rings. The van der Waals surface area contributed by atoms with Crippen LogP contribution in [0.4, 0.5) is 4.79 Å². The van der Waals surface area contributed by atoms with E-state index in [4.69, 9.17) is 9.84 Å². The predicted octanol–water partition coefficient (Wildman–Crippen LogP) is 2.65. The molecule has 0 aromatic heterocycles. The second-order valence-electron chi connectivity index (χ2n) is 7.82. The molecule has 3 rings (SSSR count). The van der Waals surface area contributed by atoms with Gasteiger partial charge in [0, 0.05) is 18.4 Å². The molecule has 1 unspecified atom stereocenters. The summed E-state index contributed by atoms with van der Waals surface area (Å²) in [6.45, 7) is 1.71. The van der Waals surface area contributed by atoms with Crippen LogP contribution >= 0.6 is 0 Å². The van der Waals surface area contributed by atoms with Gasteiger partial charge in [0.2, 0.25) is 5.91 Å². The van der Waals surface area contributed by atoms with Crippen LogP contribution in [0.15, 0.2) is 48.5 Å². The molecule has 4 N–H and O–H groups in total. The van der Waals surface area contributed by atoms with Gasteiger partial charge in [-0.25, -0.2) is 9.59 Å². The quantitative estimate of drug-likeness (QED) is 0.450. The molecule has 2 atom stereocenters. The number of hydrogen-bond acceptors (Lipinski definition) is 5. The molecule has 1 aliphatic carbocycles. The molecule has 0 saturated carbocycles. The molecule has 0 heterocycles. The van der Waals surface area contributed by atoms with E-state index in [9.17, 15) is 19.5 Å². The summed E-state index contributed by atoms with van der Waals surface area (Å²) >= 11 is 0. The third-order valence-electron chi connectivity index (χ3n) is 5.51. The molecular formula is C24H28N2O6. The fourth-order valence-corrected chi connectivity index (χ4v) is 3.97. The number of hydrogen-bond donors (Lipinski definition) is 4. The van der Waals surface area contributed by atoms with Gasteiger partial charge in [-0.15, -0.1) is 0 Å². The zero-order valence-corrected chi connectivity index (χ0v) is 17.9. The number of rotatable bonds is 10. The highest BCUT2D eigenvalue weighted by atomic mass is 16.5. The Morgan fingerprint density at radius 2 is 1.62 bits per heavy atom. The normalized spacial score (nSPS) is 14.1. The van der Waals surface area contributed by atoms with Crippen molar-refractivity contribution in [3.63, 3.8) is 0 Å². The lowest BCUT2D eigenvalue weighted by Gasteiger charge is -2.19. The first-order chi connectivity index (χ1) is 15.4. The van der Waals surface area contributed by atoms with E-state index < -0.39 is 36.7 Å². The van der Waals surface area contributed by atoms with E-state index in [0.717, 1.165) is 28.7 Å². The van der Waals surface area contributed by atoms with Crippen LogP contribution in [0.25, 0.3) is 11.1 Å². The van der Waals surface area contributed by atoms with Crippen molar-refractivity contribution in [2.24, 2.45) is 0 Å². The molecule has 8 heteroatoms. The number of aliphatic hydroxyl groups excluding tert-OH is 1. The zero-order chi connectivity index (χ0) is 23.1. The third-order valence-corrected chi connectivity index (χ3v) is 5.51. The summed E-state index contributed by atoms with van der Waals surface area (Å²) in [7, 11) is 0. The van der Waals surface area contributed by atoms with Crippen molar-refractivity contribution < 1.29 is 29.3 Å². The smallest absolute Gasteiger partial charge is 0.407 e. The summed E-state index contributed by atoms with van der Waals surface area (Å²) in [5, 5.41) is 23.0. The Balaban J connectivity index is 1.56. The molecule has 0 radical (unpaired) electrons. The first-order valence-corrected chi connectivity index (χ1v) is 10.7. The van der Waals surface area contributed by atoms with Crippen LogP contribution < -0.4 is 10.6 Å². The Morgan fingerprint density at radius 1 is 1.03 bits per heavy atom. The summed E-state index contributed by atoms with van der Waals surface area (Å²) in [4.78, 5) is 35.2. The van der Waals surface area contributed by atoms with Gasteiger partial charge in [-0.1, -0.05) is 61.9 Å². The highest BCUT2D eigenvalue weighted by molar-refractivity contribution is 5.80. The average Bonchev–Trinajstić information content (AvgIpc) is 3.10. The zero-order valence-electron chi connectivity index (χ0n) is 17.9. The number of carbonyl (C=O) groups excluding carboxylic acids is 2. The van der Waals surface area contributed by atoms with E-state index in [1.165, 1.54) is 0 Å². The molecule has 2 amide bonds. The van der Waals surface area contributed by atoms with Crippen molar-refractivity contribution >= 4 is 18.0 Å². The number of fused-ring (bicyclic) bond motifs is 3. The number of aliphatic hydroxyl groups is 1. The van der Waals surface area contributed by atoms with Crippen molar-refractivity contribution in [2.45, 2.75) is 44.2 Å². The van der Waals surface area contributed by atoms with Crippen molar-refractivity contribution in [1.29, 1.82) is 0 Å². The monoisotopic (exact) mass is 440 g/mol. The lowest BCUT2D eigenvalue weighted by Crippen LogP contribution is -2.42. The van der Waals surface area contributed by atoms with Crippen molar-refractivity contribution in [2.75, 3.05) is 13.2 Å². The molecule has 0 spiro atoms. The van der Waals surface area contributed by atoms with Crippen LogP contribution in [-0.2, 0) is 14.3 Å². The van der Waals surface area contributed by atoms with E-state index in [1.807, 2.05) is 43.3 Å². The summed E-state index contributed by atoms with van der Waals surface area (Å²) in [5.41, 5.74) is 4.51. The third kappa shape index (κ3) is 5.64. The second kappa shape index (κ2) is 10.8. The highest BCUT2D eigenvalue weighted by Crippen LogP contribution is 2.44. The van der Waals surface area contributed by atoms with E-state index in [1.54, 1.807) is 0 Å². The van der Waals surface area contributed by atoms with Gasteiger partial charge in [0.1, 0.15) is 6.61 Å². The van der Waals surface area contributed by atoms with Crippen LogP contribution in [0.3, 0.4) is 0 Å². The largest absolute Gasteiger partial charge is 0.479 e. The van der Waals surface area contributed by atoms with Gasteiger partial charge in [-0.3, -0.25) is 4.79 Å². The number of ether oxygens (including phenoxy) is 1. The molecule has 32 heavy (non-hydrogen) atoms. The first-order valence-electron chi connectivity index (χ1n) is 10.7. The molecule has 8 nitrogen and oxygen atoms in total. The standard InChI is InChI=1S/C24H28N2O6/c1-2-7-15(12-22(28)25-13-21(27)23(29)30)26-24(31)32-14-20-18-10-5-3-8-16(18)17-9-4-6-11-19(17)20/h3-6,8-11,15,20-21,27H,2,7,12-14H2,1H3,(H,25,28)(H,26,31)(H,29,30)/t15-,21?/m1/s1. The van der Waals surface area contributed by atoms with Crippen LogP contribution in [0.5, 0.6) is 0 Å². The SMILES string of the molecule is CCC[C@H](CC(=O)NCC(O)C(=O)O)NC(=O)OCC1c2ccccc2-c2ccccc21. The first kappa shape index (κ1) is 23.3. The number of alkyl carbamates (subject to hydrolysis) is 1. The molecule has 170 valence electrons. The maximum atomic E-state index is 12.5. The van der Waals surface area contributed by atoms with E-state index in [-0.39, 0.29) is 18.9 Å². The number of carbonyl (C=O) groups is 3. The Bertz CT molecular complexity index is 931. The molecular weight excluding hydrogens is 412 g/mol. The summed E-state index contributed by atoms with van der Waals surface area (Å²) in [6.07, 6.45) is -1.02. The molecule has 0 saturated heterocycles. The fraction of sp³-hybridized carbons (Fsp3) is 0.375. The minimum atomic E-state index is -1.67. The number of amides is 2. The molecule has 2 aromatic rings. The fourth-order valence-electron chi connectivity index (χ4n) is 3.97. The van der Waals surface area contributed by atoms with Crippen molar-refractivity contribution in [1.82, 2.24) is 10.6 Å². The Kier molecular flexibility index (Phi) is 7.83. The maximum Gasteiger partial charge on any atom is 0.407 e. The topological polar surface area (TPSA) is 125 Å². The molecule has 0 aliphatic heterocycles. The van der Waals surface area contributed by atoms with Gasteiger partial charge in [0.15, 0.2) is 6.10 Å². The minimum absolute atomic E-state index is 0.0373. The molecule has 2 aromatic carbocycles. The van der Waals surface area contributed by atoms with Gasteiger partial charge >= 0.3 is 12.1 Å². The molecule has 0 bridgehead atoms. The Hall–Kier alpha value is -3.39. The van der Waals surface area contributed by atoms with Crippen LogP contribution in [0, 0.1) is 0 Å². The Labute approximate surface area is 186 Å². The average molecular weight is 440 g/mol. The van der Waals surface area contributed by atoms with Crippen LogP contribution in [-0.4, -0.2) is 53.5 Å². The lowest BCUT2D eigenvalue weighted by atomic mass is 9.98. The number of aliphatic carboxylic acids is 1. The van der Waals surface area contributed by atoms with Crippen LogP contribution in [0.1, 0.15) is 43.2 Å². The van der Waals surface area contributed by atoms with Gasteiger partial charge in [0.25, 0.3) is 0 Å². The van der Waals surface area contributed by atoms with Gasteiger partial charge in [-0.2, -0.15) is 0 Å². The molecule has 0 fully saturated rings. The minimum Gasteiger partial charge on any atom is -0.479 e. The number of carboxylic acids is 1. The maximum absolute atomic E-state index is 12.5. The summed E-state index contributed by atoms with van der Waals surface area (Å²) in [5.74, 6) is -1.92. The highest BCUT2D eigenvalue weighted by Gasteiger charge is 2.29. The van der Waals surface area contributed by atoms with Gasteiger partial charge in [0.05, 0.1) is 6.54 Å². The van der Waals surface area contributed by atoms with E-state index >= 15 is 0 Å². The van der Waals surface area contributed by atoms with Crippen molar-refractivity contribution in [3.8, 4) is 11.1 Å². The summed E-state index contributed by atoms with van der Waals surface area (Å²) < 4.78 is 5.53. The Morgan fingerprint density at radius 3 is 2.19 bits per heavy atom. The second-order valence-corrected chi connectivity index (χ2v) is 7.82. The van der Waals surface area contributed by atoms with E-state index in [2.05, 4.69) is 22.8 Å². The van der Waals surface area contributed by atoms with E-state index in [0.29, 0.717) is 6.42 Å². The predicted molar refractivity (Wildman–Crippen MR) is 118 cm³/mol. The number of benzene rings is 2. The number of carboxylic acid groups (broad SMARTS) is 1. The van der Waals surface area contributed by atoms with Crippen molar-refractivity contribution in [3.05, 3.63) is 59.7 Å². The van der Waals surface area contributed by atoms with Gasteiger partial charge in [-0.05, 0) is 28.7 Å². The van der Waals surface area contributed by atoms with Crippen LogP contribution in [0.2, 0.25) is 0 Å². The number of nitrogens with one attached hydrogen (secondary N) is 2.